The van der Waals surface area contributed by atoms with Gasteiger partial charge in [0, 0.05) is 0 Å². The first-order valence-corrected chi connectivity index (χ1v) is 6.46. The number of hydrogen-bond acceptors (Lipinski definition) is 3. The molecule has 0 aliphatic heterocycles. The Morgan fingerprint density at radius 1 is 1.10 bits per heavy atom. The van der Waals surface area contributed by atoms with Crippen LogP contribution in [0.3, 0.4) is 0 Å². The normalized spacial score (nSPS) is 10.9. The summed E-state index contributed by atoms with van der Waals surface area (Å²) in [7, 11) is 0. The molecule has 100 valence electrons. The average Bonchev–Trinajstić information content (AvgIpc) is 2.48. The number of para-hydroxylation sites is 2. The molecule has 1 aromatic heterocycles. The lowest BCUT2D eigenvalue weighted by Crippen LogP contribution is -2.24. The van der Waals surface area contributed by atoms with Gasteiger partial charge in [0.15, 0.2) is 0 Å². The molecule has 0 spiro atoms. The molecule has 0 saturated heterocycles. The maximum atomic E-state index is 12.6. The number of hydrogen-bond donors (Lipinski definition) is 1. The zero-order valence-corrected chi connectivity index (χ0v) is 11.2. The van der Waals surface area contributed by atoms with Crippen molar-refractivity contribution in [2.45, 2.75) is 6.61 Å². The van der Waals surface area contributed by atoms with Crippen molar-refractivity contribution in [1.29, 1.82) is 0 Å². The lowest BCUT2D eigenvalue weighted by Gasteiger charge is -2.13. The molecular formula is C15H11ClN2O2. The summed E-state index contributed by atoms with van der Waals surface area (Å²) in [5.74, 6) is 0.266. The highest BCUT2D eigenvalue weighted by molar-refractivity contribution is 6.32. The Balaban J connectivity index is 2.43. The second kappa shape index (κ2) is 5.07. The monoisotopic (exact) mass is 286 g/mol. The minimum atomic E-state index is -0.342. The van der Waals surface area contributed by atoms with Crippen molar-refractivity contribution >= 4 is 22.5 Å². The largest absolute Gasteiger partial charge is 0.388 e. The van der Waals surface area contributed by atoms with Gasteiger partial charge in [0.05, 0.1) is 21.6 Å². The Kier molecular flexibility index (Phi) is 3.26. The molecule has 1 N–H and O–H groups in total. The smallest absolute Gasteiger partial charge is 0.266 e. The van der Waals surface area contributed by atoms with E-state index in [1.807, 2.05) is 0 Å². The molecule has 0 saturated carbocycles. The van der Waals surface area contributed by atoms with Crippen LogP contribution in [0.2, 0.25) is 5.02 Å². The first-order valence-electron chi connectivity index (χ1n) is 6.09. The highest BCUT2D eigenvalue weighted by atomic mass is 35.5. The van der Waals surface area contributed by atoms with E-state index in [1.54, 1.807) is 48.5 Å². The maximum Gasteiger partial charge on any atom is 0.266 e. The fraction of sp³-hybridized carbons (Fsp3) is 0.0667. The van der Waals surface area contributed by atoms with E-state index in [2.05, 4.69) is 4.98 Å². The van der Waals surface area contributed by atoms with Crippen LogP contribution in [0.1, 0.15) is 5.82 Å². The van der Waals surface area contributed by atoms with Crippen LogP contribution in [0.4, 0.5) is 0 Å². The summed E-state index contributed by atoms with van der Waals surface area (Å²) in [6.45, 7) is -0.342. The van der Waals surface area contributed by atoms with E-state index in [0.29, 0.717) is 21.6 Å². The quantitative estimate of drug-likeness (QED) is 0.787. The van der Waals surface area contributed by atoms with Crippen LogP contribution in [0.25, 0.3) is 16.6 Å². The summed E-state index contributed by atoms with van der Waals surface area (Å²) in [6, 6.07) is 14.0. The fourth-order valence-corrected chi connectivity index (χ4v) is 2.39. The van der Waals surface area contributed by atoms with Gasteiger partial charge in [-0.3, -0.25) is 9.36 Å². The first kappa shape index (κ1) is 12.8. The molecule has 0 atom stereocenters. The Hall–Kier alpha value is -2.17. The number of halogens is 1. The van der Waals surface area contributed by atoms with Crippen LogP contribution in [-0.4, -0.2) is 14.7 Å². The highest BCUT2D eigenvalue weighted by Gasteiger charge is 2.13. The molecule has 0 amide bonds. The van der Waals surface area contributed by atoms with Crippen LogP contribution in [-0.2, 0) is 6.61 Å². The van der Waals surface area contributed by atoms with Crippen LogP contribution in [0.15, 0.2) is 53.3 Å². The molecule has 3 aromatic rings. The summed E-state index contributed by atoms with van der Waals surface area (Å²) in [4.78, 5) is 16.9. The first-order chi connectivity index (χ1) is 9.72. The standard InChI is InChI=1S/C15H11ClN2O2/c16-11-6-2-4-8-13(11)18-14(9-19)17-12-7-3-1-5-10(12)15(18)20/h1-8,19H,9H2. The topological polar surface area (TPSA) is 55.1 Å². The van der Waals surface area contributed by atoms with Crippen molar-refractivity contribution < 1.29 is 5.11 Å². The molecule has 0 bridgehead atoms. The van der Waals surface area contributed by atoms with E-state index in [1.165, 1.54) is 4.57 Å². The predicted octanol–water partition coefficient (Wildman–Crippen LogP) is 2.53. The molecule has 20 heavy (non-hydrogen) atoms. The SMILES string of the molecule is O=c1c2ccccc2nc(CO)n1-c1ccccc1Cl. The van der Waals surface area contributed by atoms with Gasteiger partial charge >= 0.3 is 0 Å². The molecule has 0 fully saturated rings. The molecule has 2 aromatic carbocycles. The second-order valence-corrected chi connectivity index (χ2v) is 4.70. The minimum absolute atomic E-state index is 0.243. The third kappa shape index (κ3) is 1.99. The average molecular weight is 287 g/mol. The molecule has 1 heterocycles. The Morgan fingerprint density at radius 2 is 1.80 bits per heavy atom. The number of benzene rings is 2. The van der Waals surface area contributed by atoms with Gasteiger partial charge in [-0.15, -0.1) is 0 Å². The minimum Gasteiger partial charge on any atom is -0.388 e. The van der Waals surface area contributed by atoms with Gasteiger partial charge in [-0.1, -0.05) is 35.9 Å². The summed E-state index contributed by atoms with van der Waals surface area (Å²) < 4.78 is 1.35. The number of aromatic nitrogens is 2. The molecule has 0 aliphatic rings. The summed E-state index contributed by atoms with van der Waals surface area (Å²) in [6.07, 6.45) is 0. The Bertz CT molecular complexity index is 843. The number of fused-ring (bicyclic) bond motifs is 1. The number of rotatable bonds is 2. The molecule has 0 radical (unpaired) electrons. The van der Waals surface area contributed by atoms with E-state index in [0.717, 1.165) is 0 Å². The van der Waals surface area contributed by atoms with Crippen molar-refractivity contribution in [3.05, 3.63) is 69.7 Å². The van der Waals surface area contributed by atoms with Crippen molar-refractivity contribution in [2.24, 2.45) is 0 Å². The van der Waals surface area contributed by atoms with Gasteiger partial charge in [0.1, 0.15) is 12.4 Å². The van der Waals surface area contributed by atoms with Crippen molar-refractivity contribution in [3.8, 4) is 5.69 Å². The van der Waals surface area contributed by atoms with E-state index < -0.39 is 0 Å². The van der Waals surface area contributed by atoms with Crippen LogP contribution < -0.4 is 5.56 Å². The number of aliphatic hydroxyl groups excluding tert-OH is 1. The van der Waals surface area contributed by atoms with Crippen LogP contribution in [0.5, 0.6) is 0 Å². The molecule has 0 aliphatic carbocycles. The van der Waals surface area contributed by atoms with Crippen molar-refractivity contribution in [1.82, 2.24) is 9.55 Å². The summed E-state index contributed by atoms with van der Waals surface area (Å²) in [5, 5.41) is 10.4. The molecule has 0 unspecified atom stereocenters. The summed E-state index contributed by atoms with van der Waals surface area (Å²) in [5.41, 5.74) is 0.832. The molecular weight excluding hydrogens is 276 g/mol. The zero-order chi connectivity index (χ0) is 14.1. The third-order valence-electron chi connectivity index (χ3n) is 3.08. The summed E-state index contributed by atoms with van der Waals surface area (Å²) >= 11 is 6.14. The third-order valence-corrected chi connectivity index (χ3v) is 3.40. The van der Waals surface area contributed by atoms with Gasteiger partial charge in [-0.05, 0) is 24.3 Å². The van der Waals surface area contributed by atoms with Gasteiger partial charge in [0.2, 0.25) is 0 Å². The van der Waals surface area contributed by atoms with Gasteiger partial charge < -0.3 is 5.11 Å². The van der Waals surface area contributed by atoms with E-state index in [4.69, 9.17) is 11.6 Å². The van der Waals surface area contributed by atoms with Crippen LogP contribution >= 0.6 is 11.6 Å². The van der Waals surface area contributed by atoms with Crippen molar-refractivity contribution in [2.75, 3.05) is 0 Å². The van der Waals surface area contributed by atoms with Gasteiger partial charge in [-0.2, -0.15) is 0 Å². The lowest BCUT2D eigenvalue weighted by atomic mass is 10.2. The second-order valence-electron chi connectivity index (χ2n) is 4.30. The number of nitrogens with zero attached hydrogens (tertiary/aromatic N) is 2. The van der Waals surface area contributed by atoms with E-state index in [9.17, 15) is 9.90 Å². The predicted molar refractivity (Wildman–Crippen MR) is 78.3 cm³/mol. The molecule has 3 rings (SSSR count). The Labute approximate surface area is 119 Å². The highest BCUT2D eigenvalue weighted by Crippen LogP contribution is 2.20. The van der Waals surface area contributed by atoms with E-state index in [-0.39, 0.29) is 18.0 Å². The van der Waals surface area contributed by atoms with Crippen molar-refractivity contribution in [3.63, 3.8) is 0 Å². The van der Waals surface area contributed by atoms with Gasteiger partial charge in [-0.25, -0.2) is 4.98 Å². The lowest BCUT2D eigenvalue weighted by molar-refractivity contribution is 0.268. The Morgan fingerprint density at radius 3 is 2.55 bits per heavy atom. The van der Waals surface area contributed by atoms with E-state index >= 15 is 0 Å². The molecule has 4 nitrogen and oxygen atoms in total. The number of aliphatic hydroxyl groups is 1. The molecule has 5 heteroatoms. The maximum absolute atomic E-state index is 12.6. The fourth-order valence-electron chi connectivity index (χ4n) is 2.17. The van der Waals surface area contributed by atoms with Gasteiger partial charge in [0.25, 0.3) is 5.56 Å². The van der Waals surface area contributed by atoms with Crippen LogP contribution in [0, 0.1) is 0 Å². The zero-order valence-electron chi connectivity index (χ0n) is 10.5.